The Kier molecular flexibility index (Phi) is 11.6. The summed E-state index contributed by atoms with van der Waals surface area (Å²) in [4.78, 5) is 60.7. The number of ether oxygens (including phenoxy) is 6. The summed E-state index contributed by atoms with van der Waals surface area (Å²) in [6.45, 7) is 1.21. The molecule has 16 heteroatoms. The Hall–Kier alpha value is -6.97. The van der Waals surface area contributed by atoms with E-state index in [1.165, 1.54) is 96.0 Å². The maximum absolute atomic E-state index is 12.9. The van der Waals surface area contributed by atoms with Crippen LogP contribution in [0, 0.1) is 10.1 Å². The van der Waals surface area contributed by atoms with Crippen LogP contribution < -0.4 is 39.2 Å². The molecule has 4 aromatic rings. The van der Waals surface area contributed by atoms with E-state index in [-0.39, 0.29) is 45.2 Å². The molecule has 50 heavy (non-hydrogen) atoms. The molecule has 0 spiro atoms. The average Bonchev–Trinajstić information content (AvgIpc) is 3.11. The highest BCUT2D eigenvalue weighted by molar-refractivity contribution is 6.05. The molecule has 0 heterocycles. The van der Waals surface area contributed by atoms with Crippen molar-refractivity contribution in [1.82, 2.24) is 5.43 Å². The van der Waals surface area contributed by atoms with Crippen LogP contribution in [0.1, 0.15) is 43.6 Å². The van der Waals surface area contributed by atoms with Gasteiger partial charge in [-0.2, -0.15) is 5.10 Å². The van der Waals surface area contributed by atoms with Gasteiger partial charge in [0.1, 0.15) is 5.75 Å². The van der Waals surface area contributed by atoms with Gasteiger partial charge in [-0.05, 0) is 60.7 Å². The number of hydrogen-bond donors (Lipinski definition) is 2. The number of carbonyl (C=O) groups is 4. The fourth-order valence-electron chi connectivity index (χ4n) is 4.38. The van der Waals surface area contributed by atoms with Crippen molar-refractivity contribution in [3.63, 3.8) is 0 Å². The maximum Gasteiger partial charge on any atom is 0.343 e. The average molecular weight is 687 g/mol. The number of hydrazone groups is 1. The van der Waals surface area contributed by atoms with Crippen molar-refractivity contribution in [3.05, 3.63) is 105 Å². The number of nitrogens with zero attached hydrogens (tertiary/aromatic N) is 2. The molecule has 0 aliphatic rings. The number of hydrogen-bond acceptors (Lipinski definition) is 13. The summed E-state index contributed by atoms with van der Waals surface area (Å²) in [6, 6.07) is 16.3. The topological polar surface area (TPSA) is 203 Å². The summed E-state index contributed by atoms with van der Waals surface area (Å²) in [7, 11) is 5.63. The van der Waals surface area contributed by atoms with Crippen molar-refractivity contribution in [3.8, 4) is 34.5 Å². The zero-order valence-electron chi connectivity index (χ0n) is 27.3. The van der Waals surface area contributed by atoms with Crippen LogP contribution in [0.3, 0.4) is 0 Å². The molecule has 2 amide bonds. The second-order valence-corrected chi connectivity index (χ2v) is 9.97. The molecule has 0 saturated carbocycles. The second kappa shape index (κ2) is 16.2. The van der Waals surface area contributed by atoms with E-state index in [0.717, 1.165) is 18.3 Å². The summed E-state index contributed by atoms with van der Waals surface area (Å²) in [5, 5.41) is 18.0. The van der Waals surface area contributed by atoms with Gasteiger partial charge in [0.15, 0.2) is 23.0 Å². The molecular formula is C34H30N4O12. The van der Waals surface area contributed by atoms with Gasteiger partial charge in [-0.25, -0.2) is 10.2 Å². The first-order chi connectivity index (χ1) is 24.0. The number of nitrogens with one attached hydrogen (secondary N) is 2. The smallest absolute Gasteiger partial charge is 0.343 e. The van der Waals surface area contributed by atoms with Crippen LogP contribution >= 0.6 is 0 Å². The fraction of sp³-hybridized carbons (Fsp3) is 0.147. The molecule has 0 radical (unpaired) electrons. The molecule has 4 aromatic carbocycles. The first kappa shape index (κ1) is 35.9. The largest absolute Gasteiger partial charge is 0.493 e. The van der Waals surface area contributed by atoms with E-state index in [1.54, 1.807) is 0 Å². The molecule has 0 aliphatic carbocycles. The Labute approximate surface area is 284 Å². The van der Waals surface area contributed by atoms with E-state index in [1.807, 2.05) is 0 Å². The highest BCUT2D eigenvalue weighted by atomic mass is 16.6. The van der Waals surface area contributed by atoms with E-state index in [2.05, 4.69) is 15.8 Å². The van der Waals surface area contributed by atoms with Gasteiger partial charge in [-0.3, -0.25) is 24.5 Å². The molecular weight excluding hydrogens is 656 g/mol. The van der Waals surface area contributed by atoms with E-state index >= 15 is 0 Å². The van der Waals surface area contributed by atoms with Crippen molar-refractivity contribution in [2.45, 2.75) is 6.92 Å². The van der Waals surface area contributed by atoms with Crippen LogP contribution in [-0.2, 0) is 4.79 Å². The minimum absolute atomic E-state index is 0.00111. The highest BCUT2D eigenvalue weighted by Crippen LogP contribution is 2.38. The summed E-state index contributed by atoms with van der Waals surface area (Å²) in [5.41, 5.74) is 2.79. The number of rotatable bonds is 13. The van der Waals surface area contributed by atoms with Gasteiger partial charge in [-0.15, -0.1) is 0 Å². The number of non-ortho nitro benzene ring substituents is 1. The first-order valence-electron chi connectivity index (χ1n) is 14.4. The number of methoxy groups -OCH3 is 4. The molecule has 16 nitrogen and oxygen atoms in total. The number of anilines is 1. The number of nitro benzene ring substituents is 1. The van der Waals surface area contributed by atoms with Crippen molar-refractivity contribution in [1.29, 1.82) is 0 Å². The minimum Gasteiger partial charge on any atom is -0.493 e. The molecule has 2 N–H and O–H groups in total. The lowest BCUT2D eigenvalue weighted by Crippen LogP contribution is -2.18. The van der Waals surface area contributed by atoms with E-state index < -0.39 is 28.7 Å². The number of amides is 2. The maximum atomic E-state index is 12.9. The summed E-state index contributed by atoms with van der Waals surface area (Å²) in [5.74, 6) is -1.56. The van der Waals surface area contributed by atoms with Gasteiger partial charge < -0.3 is 33.7 Å². The van der Waals surface area contributed by atoms with E-state index in [0.29, 0.717) is 22.9 Å². The summed E-state index contributed by atoms with van der Waals surface area (Å²) >= 11 is 0. The molecule has 0 aromatic heterocycles. The Bertz CT molecular complexity index is 1950. The van der Waals surface area contributed by atoms with Gasteiger partial charge in [-0.1, -0.05) is 0 Å². The van der Waals surface area contributed by atoms with Crippen LogP contribution in [0.2, 0.25) is 0 Å². The fourth-order valence-corrected chi connectivity index (χ4v) is 4.38. The predicted molar refractivity (Wildman–Crippen MR) is 178 cm³/mol. The lowest BCUT2D eigenvalue weighted by Gasteiger charge is -2.14. The van der Waals surface area contributed by atoms with Gasteiger partial charge >= 0.3 is 11.9 Å². The van der Waals surface area contributed by atoms with Crippen molar-refractivity contribution < 1.29 is 52.5 Å². The molecule has 258 valence electrons. The molecule has 0 bridgehead atoms. The zero-order valence-corrected chi connectivity index (χ0v) is 27.3. The van der Waals surface area contributed by atoms with Crippen molar-refractivity contribution in [2.75, 3.05) is 33.8 Å². The minimum atomic E-state index is -0.859. The van der Waals surface area contributed by atoms with Crippen LogP contribution in [0.4, 0.5) is 11.4 Å². The Morgan fingerprint density at radius 2 is 1.28 bits per heavy atom. The zero-order chi connectivity index (χ0) is 36.4. The van der Waals surface area contributed by atoms with Crippen LogP contribution in [0.5, 0.6) is 34.5 Å². The molecule has 0 fully saturated rings. The quantitative estimate of drug-likeness (QED) is 0.0641. The Balaban J connectivity index is 1.45. The van der Waals surface area contributed by atoms with Gasteiger partial charge in [0.05, 0.1) is 45.1 Å². The predicted octanol–water partition coefficient (Wildman–Crippen LogP) is 4.79. The molecule has 0 atom stereocenters. The lowest BCUT2D eigenvalue weighted by atomic mass is 10.1. The third-order valence-electron chi connectivity index (χ3n) is 6.76. The number of nitro groups is 1. The summed E-state index contributed by atoms with van der Waals surface area (Å²) in [6.07, 6.45) is 1.07. The van der Waals surface area contributed by atoms with Gasteiger partial charge in [0.2, 0.25) is 5.75 Å². The standard InChI is InChI=1S/C34H30N4O12/c1-19(39)49-27-12-8-21(15-28(27)45-2)34(42)50-26-13-11-25(38(43)44)14-23(26)18-35-37-33(41)20-6-9-24(10-7-20)36-32(40)22-16-29(46-3)31(48-5)30(17-22)47-4/h6-18H,1-5H3,(H,36,40)(H,37,41)/b35-18+. The second-order valence-electron chi connectivity index (χ2n) is 9.97. The van der Waals surface area contributed by atoms with Crippen LogP contribution in [-0.4, -0.2) is 63.3 Å². The number of carbonyl (C=O) groups excluding carboxylic acids is 4. The van der Waals surface area contributed by atoms with E-state index in [9.17, 15) is 29.3 Å². The third kappa shape index (κ3) is 8.68. The Morgan fingerprint density at radius 3 is 1.86 bits per heavy atom. The van der Waals surface area contributed by atoms with Gasteiger partial charge in [0.25, 0.3) is 17.5 Å². The normalized spacial score (nSPS) is 10.5. The number of benzene rings is 4. The van der Waals surface area contributed by atoms with Crippen molar-refractivity contribution >= 4 is 41.3 Å². The van der Waals surface area contributed by atoms with E-state index in [4.69, 9.17) is 28.4 Å². The molecule has 4 rings (SSSR count). The van der Waals surface area contributed by atoms with Gasteiger partial charge in [0, 0.05) is 41.4 Å². The Morgan fingerprint density at radius 1 is 0.680 bits per heavy atom. The number of esters is 2. The SMILES string of the molecule is COc1cc(C(=O)Oc2ccc([N+](=O)[O-])cc2/C=N/NC(=O)c2ccc(NC(=O)c3cc(OC)c(OC)c(OC)c3)cc2)ccc1OC(C)=O. The van der Waals surface area contributed by atoms with Crippen molar-refractivity contribution in [2.24, 2.45) is 5.10 Å². The molecule has 0 unspecified atom stereocenters. The monoisotopic (exact) mass is 686 g/mol. The first-order valence-corrected chi connectivity index (χ1v) is 14.4. The van der Waals surface area contributed by atoms with Crippen LogP contribution in [0.25, 0.3) is 0 Å². The van der Waals surface area contributed by atoms with Crippen LogP contribution in [0.15, 0.2) is 77.9 Å². The summed E-state index contributed by atoms with van der Waals surface area (Å²) < 4.78 is 31.5. The highest BCUT2D eigenvalue weighted by Gasteiger charge is 2.19. The molecule has 0 aliphatic heterocycles. The third-order valence-corrected chi connectivity index (χ3v) is 6.76. The molecule has 0 saturated heterocycles. The lowest BCUT2D eigenvalue weighted by molar-refractivity contribution is -0.384.